The van der Waals surface area contributed by atoms with E-state index in [-0.39, 0.29) is 28.2 Å². The molecule has 584 valence electrons. The minimum atomic E-state index is -0.491. The van der Waals surface area contributed by atoms with Crippen molar-refractivity contribution in [2.45, 2.75) is 431 Å². The van der Waals surface area contributed by atoms with Gasteiger partial charge in [0, 0.05) is 75.3 Å². The summed E-state index contributed by atoms with van der Waals surface area (Å²) in [7, 11) is 0. The highest BCUT2D eigenvalue weighted by molar-refractivity contribution is 8.14. The Morgan fingerprint density at radius 3 is 0.714 bits per heavy atom. The summed E-state index contributed by atoms with van der Waals surface area (Å²) in [5.41, 5.74) is 0. The largest absolute Gasteiger partial charge is 0.392 e. The van der Waals surface area contributed by atoms with Crippen molar-refractivity contribution >= 4 is 50.6 Å². The number of nitrogens with zero attached hydrogens (tertiary/aromatic N) is 3. The second-order valence-corrected chi connectivity index (χ2v) is 33.6. The Balaban J connectivity index is 5.78. The highest BCUT2D eigenvalue weighted by Crippen LogP contribution is 2.27. The minimum absolute atomic E-state index is 0.0520. The molecular weight excluding hydrogens is 1280 g/mol. The molecule has 0 fully saturated rings. The first-order chi connectivity index (χ1) is 47.7. The zero-order chi connectivity index (χ0) is 72.0. The standard InChI is InChI=1S/C83H165N3O9S3/c1-7-12-17-22-27-32-37-42-53-76(88)69-84(68-74(6)87)62-47-50-65-96-81(93)60-58-75(83(95)98-67-52-49-64-86(72-79(91)56-45-40-35-30-25-20-15-10-4)73-80(92)57-46-41-36-31-26-21-16-11-5)59-61-82(94)97-66-51-48-63-85(70-77(89)54-43-38-33-28-23-18-13-8-2)71-78(90)55-44-39-34-29-24-19-14-9-3/h74-80,87-92H,7-73H2,1-6H3. The normalized spacial score (nSPS) is 14.2. The molecule has 0 aromatic rings. The van der Waals surface area contributed by atoms with E-state index in [0.29, 0.717) is 69.4 Å². The van der Waals surface area contributed by atoms with Gasteiger partial charge in [0.1, 0.15) is 0 Å². The second kappa shape index (κ2) is 75.0. The molecule has 98 heavy (non-hydrogen) atoms. The summed E-state index contributed by atoms with van der Waals surface area (Å²) in [5.74, 6) is 1.59. The monoisotopic (exact) mass is 1440 g/mol. The molecule has 15 heteroatoms. The van der Waals surface area contributed by atoms with Gasteiger partial charge in [-0.25, -0.2) is 0 Å². The number of rotatable bonds is 79. The van der Waals surface area contributed by atoms with Crippen LogP contribution in [0.5, 0.6) is 0 Å². The van der Waals surface area contributed by atoms with Gasteiger partial charge in [0.05, 0.1) is 36.6 Å². The minimum Gasteiger partial charge on any atom is -0.392 e. The first-order valence-corrected chi connectivity index (χ1v) is 45.4. The van der Waals surface area contributed by atoms with E-state index in [4.69, 9.17) is 0 Å². The van der Waals surface area contributed by atoms with Crippen LogP contribution in [0.15, 0.2) is 0 Å². The number of thioether (sulfide) groups is 3. The Hall–Kier alpha value is -0.300. The van der Waals surface area contributed by atoms with E-state index < -0.39 is 42.5 Å². The lowest BCUT2D eigenvalue weighted by Gasteiger charge is -2.27. The molecule has 7 unspecified atom stereocenters. The molecule has 0 saturated heterocycles. The molecule has 0 heterocycles. The maximum Gasteiger partial charge on any atom is 0.192 e. The Morgan fingerprint density at radius 2 is 0.480 bits per heavy atom. The topological polar surface area (TPSA) is 182 Å². The zero-order valence-electron chi connectivity index (χ0n) is 65.4. The van der Waals surface area contributed by atoms with Crippen molar-refractivity contribution < 1.29 is 45.0 Å². The average molecular weight is 1450 g/mol. The van der Waals surface area contributed by atoms with E-state index >= 15 is 0 Å². The quantitative estimate of drug-likeness (QED) is 0.0316. The Bertz CT molecular complexity index is 1640. The number of carbonyl (C=O) groups is 3. The van der Waals surface area contributed by atoms with Crippen LogP contribution in [0.3, 0.4) is 0 Å². The number of hydrogen-bond acceptors (Lipinski definition) is 15. The van der Waals surface area contributed by atoms with E-state index in [9.17, 15) is 45.0 Å². The SMILES string of the molecule is CCCCCCCCCCC(O)CN(CCCCSC(=O)CCC(CCC(=O)SCCCCN(CC(O)CCCCCCCCCC)CC(O)CCCCCCCCCC)C(=O)SCCCCN(CC(O)CCCCCCCCCC)CC(O)CCCCCCCCCC)CC(C)O. The molecule has 0 bridgehead atoms. The summed E-state index contributed by atoms with van der Waals surface area (Å²) in [4.78, 5) is 48.0. The molecule has 0 spiro atoms. The third-order valence-electron chi connectivity index (χ3n) is 19.9. The molecule has 0 saturated carbocycles. The zero-order valence-corrected chi connectivity index (χ0v) is 67.8. The molecule has 0 aliphatic heterocycles. The van der Waals surface area contributed by atoms with Crippen molar-refractivity contribution in [1.29, 1.82) is 0 Å². The lowest BCUT2D eigenvalue weighted by atomic mass is 9.99. The van der Waals surface area contributed by atoms with Gasteiger partial charge in [-0.1, -0.05) is 327 Å². The molecule has 6 N–H and O–H groups in total. The third-order valence-corrected chi connectivity index (χ3v) is 23.1. The maximum absolute atomic E-state index is 14.2. The van der Waals surface area contributed by atoms with Crippen LogP contribution in [-0.4, -0.2) is 173 Å². The first kappa shape index (κ1) is 97.7. The molecule has 0 radical (unpaired) electrons. The third kappa shape index (κ3) is 68.8. The fourth-order valence-corrected chi connectivity index (χ4v) is 16.4. The summed E-state index contributed by atoms with van der Waals surface area (Å²) in [5, 5.41) is 66.2. The Morgan fingerprint density at radius 1 is 0.265 bits per heavy atom. The van der Waals surface area contributed by atoms with Crippen molar-refractivity contribution in [1.82, 2.24) is 14.7 Å². The molecule has 0 aromatic carbocycles. The molecule has 0 aliphatic carbocycles. The van der Waals surface area contributed by atoms with E-state index in [1.807, 2.05) is 0 Å². The molecule has 12 nitrogen and oxygen atoms in total. The van der Waals surface area contributed by atoms with Gasteiger partial charge in [-0.2, -0.15) is 0 Å². The van der Waals surface area contributed by atoms with Crippen molar-refractivity contribution in [2.24, 2.45) is 5.92 Å². The second-order valence-electron chi connectivity index (χ2n) is 30.2. The highest BCUT2D eigenvalue weighted by atomic mass is 32.2. The van der Waals surface area contributed by atoms with Gasteiger partial charge >= 0.3 is 0 Å². The predicted molar refractivity (Wildman–Crippen MR) is 429 cm³/mol. The Labute approximate surface area is 620 Å². The van der Waals surface area contributed by atoms with Crippen molar-refractivity contribution in [3.63, 3.8) is 0 Å². The maximum atomic E-state index is 14.2. The van der Waals surface area contributed by atoms with E-state index in [0.717, 1.165) is 154 Å². The molecule has 0 aromatic heterocycles. The van der Waals surface area contributed by atoms with E-state index in [1.54, 1.807) is 6.92 Å². The summed E-state index contributed by atoms with van der Waals surface area (Å²) >= 11 is 4.01. The number of hydrogen-bond donors (Lipinski definition) is 6. The Kier molecular flexibility index (Phi) is 74.7. The van der Waals surface area contributed by atoms with Crippen molar-refractivity contribution in [2.75, 3.05) is 76.2 Å². The number of aliphatic hydroxyl groups excluding tert-OH is 6. The fraction of sp³-hybridized carbons (Fsp3) is 0.964. The highest BCUT2D eigenvalue weighted by Gasteiger charge is 2.24. The smallest absolute Gasteiger partial charge is 0.192 e. The summed E-state index contributed by atoms with van der Waals surface area (Å²) in [6, 6.07) is 0. The summed E-state index contributed by atoms with van der Waals surface area (Å²) < 4.78 is 0. The predicted octanol–water partition coefficient (Wildman–Crippen LogP) is 21.0. The summed E-state index contributed by atoms with van der Waals surface area (Å²) in [6.45, 7) is 18.6. The van der Waals surface area contributed by atoms with Crippen LogP contribution >= 0.6 is 35.3 Å². The van der Waals surface area contributed by atoms with Gasteiger partial charge in [0.2, 0.25) is 0 Å². The lowest BCUT2D eigenvalue weighted by Crippen LogP contribution is -2.38. The van der Waals surface area contributed by atoms with Crippen molar-refractivity contribution in [3.8, 4) is 0 Å². The van der Waals surface area contributed by atoms with Gasteiger partial charge in [0.25, 0.3) is 0 Å². The van der Waals surface area contributed by atoms with Gasteiger partial charge in [-0.15, -0.1) is 0 Å². The van der Waals surface area contributed by atoms with Gasteiger partial charge < -0.3 is 30.6 Å². The molecule has 0 amide bonds. The number of aliphatic hydroxyl groups is 6. The fourth-order valence-electron chi connectivity index (χ4n) is 13.7. The van der Waals surface area contributed by atoms with Crippen LogP contribution in [0.25, 0.3) is 0 Å². The lowest BCUT2D eigenvalue weighted by molar-refractivity contribution is -0.115. The van der Waals surface area contributed by atoms with Crippen LogP contribution in [0, 0.1) is 5.92 Å². The average Bonchev–Trinajstić information content (AvgIpc) is 1.78. The molecule has 0 aliphatic rings. The van der Waals surface area contributed by atoms with E-state index in [1.165, 1.54) is 228 Å². The van der Waals surface area contributed by atoms with Crippen LogP contribution in [0.1, 0.15) is 395 Å². The number of unbranched alkanes of at least 4 members (excludes halogenated alkanes) is 38. The molecular formula is C83H165N3O9S3. The van der Waals surface area contributed by atoms with Gasteiger partial charge in [-0.05, 0) is 110 Å². The number of carbonyl (C=O) groups excluding carboxylic acids is 3. The van der Waals surface area contributed by atoms with Crippen LogP contribution in [0.2, 0.25) is 0 Å². The van der Waals surface area contributed by atoms with Crippen molar-refractivity contribution in [3.05, 3.63) is 0 Å². The molecule has 0 rings (SSSR count). The van der Waals surface area contributed by atoms with Crippen LogP contribution in [-0.2, 0) is 14.4 Å². The van der Waals surface area contributed by atoms with E-state index in [2.05, 4.69) is 49.3 Å². The summed E-state index contributed by atoms with van der Waals surface area (Å²) in [6.07, 6.45) is 56.9. The molecule has 7 atom stereocenters. The first-order valence-electron chi connectivity index (χ1n) is 42.4. The van der Waals surface area contributed by atoms with Crippen LogP contribution in [0.4, 0.5) is 0 Å². The van der Waals surface area contributed by atoms with Gasteiger partial charge in [-0.3, -0.25) is 29.1 Å². The van der Waals surface area contributed by atoms with Crippen LogP contribution < -0.4 is 0 Å². The van der Waals surface area contributed by atoms with Gasteiger partial charge in [0.15, 0.2) is 15.3 Å².